The molecule has 0 heterocycles. The molecule has 16 heavy (non-hydrogen) atoms. The summed E-state index contributed by atoms with van der Waals surface area (Å²) in [5, 5.41) is 17.9. The average molecular weight is 229 g/mol. The zero-order valence-corrected chi connectivity index (χ0v) is 9.72. The number of hydrogen-bond acceptors (Lipinski definition) is 3. The van der Waals surface area contributed by atoms with Crippen molar-refractivity contribution in [1.82, 2.24) is 4.90 Å². The Balaban J connectivity index is 2.59. The van der Waals surface area contributed by atoms with E-state index in [1.807, 2.05) is 0 Å². The van der Waals surface area contributed by atoms with Gasteiger partial charge in [-0.05, 0) is 33.2 Å². The molecule has 0 amide bonds. The van der Waals surface area contributed by atoms with Crippen molar-refractivity contribution in [3.63, 3.8) is 0 Å². The van der Waals surface area contributed by atoms with E-state index < -0.39 is 18.0 Å². The molecule has 92 valence electrons. The smallest absolute Gasteiger partial charge is 0.320 e. The van der Waals surface area contributed by atoms with Crippen molar-refractivity contribution in [2.45, 2.75) is 44.7 Å². The Bertz CT molecular complexity index is 267. The van der Waals surface area contributed by atoms with E-state index >= 15 is 0 Å². The fourth-order valence-electron chi connectivity index (χ4n) is 2.25. The fraction of sp³-hybridized carbons (Fsp3) is 0.818. The lowest BCUT2D eigenvalue weighted by Gasteiger charge is -2.35. The first-order chi connectivity index (χ1) is 7.43. The van der Waals surface area contributed by atoms with Gasteiger partial charge in [0.1, 0.15) is 6.04 Å². The molecule has 1 rings (SSSR count). The Kier molecular flexibility index (Phi) is 4.29. The number of hydrogen-bond donors (Lipinski definition) is 2. The summed E-state index contributed by atoms with van der Waals surface area (Å²) >= 11 is 0. The number of carboxylic acids is 2. The molecule has 1 aliphatic carbocycles. The summed E-state index contributed by atoms with van der Waals surface area (Å²) in [6.45, 7) is 1.63. The van der Waals surface area contributed by atoms with Gasteiger partial charge in [-0.15, -0.1) is 0 Å². The summed E-state index contributed by atoms with van der Waals surface area (Å²) in [6, 6.07) is -0.488. The van der Waals surface area contributed by atoms with Crippen LogP contribution < -0.4 is 0 Å². The molecule has 0 bridgehead atoms. The molecule has 0 aromatic carbocycles. The van der Waals surface area contributed by atoms with Crippen molar-refractivity contribution in [1.29, 1.82) is 0 Å². The number of aliphatic carboxylic acids is 2. The molecule has 1 fully saturated rings. The van der Waals surface area contributed by atoms with E-state index in [9.17, 15) is 9.59 Å². The fourth-order valence-corrected chi connectivity index (χ4v) is 2.25. The molecular weight excluding hydrogens is 210 g/mol. The lowest BCUT2D eigenvalue weighted by Crippen LogP contribution is -2.45. The number of carbonyl (C=O) groups is 2. The van der Waals surface area contributed by atoms with Gasteiger partial charge in [-0.3, -0.25) is 14.5 Å². The van der Waals surface area contributed by atoms with Crippen molar-refractivity contribution in [2.24, 2.45) is 5.92 Å². The van der Waals surface area contributed by atoms with Gasteiger partial charge < -0.3 is 10.2 Å². The number of likely N-dealkylation sites (N-methyl/N-ethyl adjacent to an activating group) is 1. The van der Waals surface area contributed by atoms with E-state index in [1.54, 1.807) is 18.9 Å². The topological polar surface area (TPSA) is 77.8 Å². The molecule has 0 spiro atoms. The van der Waals surface area contributed by atoms with Crippen molar-refractivity contribution < 1.29 is 19.8 Å². The van der Waals surface area contributed by atoms with Crippen LogP contribution in [0, 0.1) is 5.92 Å². The highest BCUT2D eigenvalue weighted by molar-refractivity contribution is 5.73. The van der Waals surface area contributed by atoms with Crippen LogP contribution in [0.2, 0.25) is 0 Å². The maximum absolute atomic E-state index is 10.9. The Morgan fingerprint density at radius 1 is 1.31 bits per heavy atom. The molecular formula is C11H19NO4. The van der Waals surface area contributed by atoms with Crippen LogP contribution in [0.4, 0.5) is 0 Å². The summed E-state index contributed by atoms with van der Waals surface area (Å²) in [4.78, 5) is 23.5. The zero-order chi connectivity index (χ0) is 12.3. The lowest BCUT2D eigenvalue weighted by atomic mass is 9.85. The summed E-state index contributed by atoms with van der Waals surface area (Å²) in [5.41, 5.74) is 0. The van der Waals surface area contributed by atoms with Gasteiger partial charge in [0.15, 0.2) is 0 Å². The van der Waals surface area contributed by atoms with E-state index in [1.165, 1.54) is 0 Å². The molecule has 0 aliphatic heterocycles. The van der Waals surface area contributed by atoms with Crippen LogP contribution in [0.15, 0.2) is 0 Å². The first-order valence-electron chi connectivity index (χ1n) is 5.61. The molecule has 1 saturated carbocycles. The molecule has 1 aliphatic rings. The molecule has 3 atom stereocenters. The highest BCUT2D eigenvalue weighted by Crippen LogP contribution is 2.28. The van der Waals surface area contributed by atoms with Gasteiger partial charge in [-0.1, -0.05) is 6.42 Å². The number of rotatable bonds is 4. The molecule has 0 radical (unpaired) electrons. The van der Waals surface area contributed by atoms with E-state index in [0.29, 0.717) is 12.8 Å². The minimum absolute atomic E-state index is 0.0703. The third-order valence-electron chi connectivity index (χ3n) is 3.54. The van der Waals surface area contributed by atoms with Crippen LogP contribution in [0.1, 0.15) is 32.6 Å². The van der Waals surface area contributed by atoms with Gasteiger partial charge in [-0.25, -0.2) is 0 Å². The van der Waals surface area contributed by atoms with Crippen LogP contribution in [-0.2, 0) is 9.59 Å². The second-order valence-corrected chi connectivity index (χ2v) is 4.54. The predicted molar refractivity (Wildman–Crippen MR) is 58.2 cm³/mol. The average Bonchev–Trinajstić information content (AvgIpc) is 2.27. The highest BCUT2D eigenvalue weighted by atomic mass is 16.4. The Morgan fingerprint density at radius 3 is 2.44 bits per heavy atom. The van der Waals surface area contributed by atoms with Crippen LogP contribution in [0.3, 0.4) is 0 Å². The number of carboxylic acid groups (broad SMARTS) is 2. The Morgan fingerprint density at radius 2 is 1.94 bits per heavy atom. The standard InChI is InChI=1S/C11H19NO4/c1-7(10(13)14)12(2)9-5-3-4-8(6-9)11(15)16/h7-9H,3-6H2,1-2H3,(H,13,14)(H,15,16)/t7-,8?,9?/m0/s1. The molecule has 0 aromatic heterocycles. The Labute approximate surface area is 95.1 Å². The summed E-state index contributed by atoms with van der Waals surface area (Å²) in [5.74, 6) is -1.94. The van der Waals surface area contributed by atoms with Gasteiger partial charge >= 0.3 is 11.9 Å². The van der Waals surface area contributed by atoms with Crippen molar-refractivity contribution in [3.05, 3.63) is 0 Å². The van der Waals surface area contributed by atoms with Gasteiger partial charge in [0.25, 0.3) is 0 Å². The maximum atomic E-state index is 10.9. The normalized spacial score (nSPS) is 27.7. The molecule has 2 N–H and O–H groups in total. The maximum Gasteiger partial charge on any atom is 0.320 e. The summed E-state index contributed by atoms with van der Waals surface area (Å²) in [6.07, 6.45) is 3.01. The zero-order valence-electron chi connectivity index (χ0n) is 9.72. The summed E-state index contributed by atoms with van der Waals surface area (Å²) in [7, 11) is 1.76. The quantitative estimate of drug-likeness (QED) is 0.753. The van der Waals surface area contributed by atoms with Crippen molar-refractivity contribution >= 4 is 11.9 Å². The molecule has 5 heteroatoms. The van der Waals surface area contributed by atoms with E-state index in [0.717, 1.165) is 12.8 Å². The largest absolute Gasteiger partial charge is 0.481 e. The third-order valence-corrected chi connectivity index (χ3v) is 3.54. The Hall–Kier alpha value is -1.10. The second kappa shape index (κ2) is 5.30. The van der Waals surface area contributed by atoms with E-state index in [4.69, 9.17) is 10.2 Å². The van der Waals surface area contributed by atoms with Gasteiger partial charge in [0.2, 0.25) is 0 Å². The minimum Gasteiger partial charge on any atom is -0.481 e. The van der Waals surface area contributed by atoms with Crippen LogP contribution in [0.25, 0.3) is 0 Å². The second-order valence-electron chi connectivity index (χ2n) is 4.54. The highest BCUT2D eigenvalue weighted by Gasteiger charge is 2.32. The lowest BCUT2D eigenvalue weighted by molar-refractivity contribution is -0.145. The first kappa shape index (κ1) is 13.0. The van der Waals surface area contributed by atoms with Crippen LogP contribution >= 0.6 is 0 Å². The predicted octanol–water partition coefficient (Wildman–Crippen LogP) is 1.03. The van der Waals surface area contributed by atoms with Gasteiger partial charge in [0.05, 0.1) is 5.92 Å². The van der Waals surface area contributed by atoms with E-state index in [2.05, 4.69) is 0 Å². The molecule has 0 saturated heterocycles. The van der Waals surface area contributed by atoms with Crippen LogP contribution in [0.5, 0.6) is 0 Å². The number of nitrogens with zero attached hydrogens (tertiary/aromatic N) is 1. The van der Waals surface area contributed by atoms with Crippen LogP contribution in [-0.4, -0.2) is 46.2 Å². The van der Waals surface area contributed by atoms with Gasteiger partial charge in [-0.2, -0.15) is 0 Å². The molecule has 5 nitrogen and oxygen atoms in total. The van der Waals surface area contributed by atoms with E-state index in [-0.39, 0.29) is 12.0 Å². The summed E-state index contributed by atoms with van der Waals surface area (Å²) < 4.78 is 0. The van der Waals surface area contributed by atoms with Crippen molar-refractivity contribution in [2.75, 3.05) is 7.05 Å². The van der Waals surface area contributed by atoms with Crippen molar-refractivity contribution in [3.8, 4) is 0 Å². The third kappa shape index (κ3) is 2.95. The first-order valence-corrected chi connectivity index (χ1v) is 5.61. The minimum atomic E-state index is -0.861. The molecule has 2 unspecified atom stereocenters. The van der Waals surface area contributed by atoms with Gasteiger partial charge in [0, 0.05) is 6.04 Å². The molecule has 0 aromatic rings. The monoisotopic (exact) mass is 229 g/mol. The SMILES string of the molecule is C[C@@H](C(=O)O)N(C)C1CCCC(C(=O)O)C1.